The van der Waals surface area contributed by atoms with Crippen molar-refractivity contribution in [3.63, 3.8) is 0 Å². The summed E-state index contributed by atoms with van der Waals surface area (Å²) in [5.74, 6) is -2.75. The summed E-state index contributed by atoms with van der Waals surface area (Å²) in [6.07, 6.45) is -4.98. The molecule has 2 saturated heterocycles. The summed E-state index contributed by atoms with van der Waals surface area (Å²) in [7, 11) is -4.33. The summed E-state index contributed by atoms with van der Waals surface area (Å²) in [6.45, 7) is 2.42. The molecule has 1 atom stereocenters. The van der Waals surface area contributed by atoms with Gasteiger partial charge in [-0.05, 0) is 36.8 Å². The summed E-state index contributed by atoms with van der Waals surface area (Å²) in [5.41, 5.74) is -0.632. The largest absolute Gasteiger partial charge is 0.418 e. The Morgan fingerprint density at radius 3 is 2.50 bits per heavy atom. The molecular weight excluding hydrogens is 529 g/mol. The predicted molar refractivity (Wildman–Crippen MR) is 132 cm³/mol. The van der Waals surface area contributed by atoms with Gasteiger partial charge in [-0.2, -0.15) is 21.6 Å². The van der Waals surface area contributed by atoms with E-state index in [0.717, 1.165) is 12.1 Å². The molecule has 1 aromatic carbocycles. The van der Waals surface area contributed by atoms with Crippen LogP contribution in [0, 0.1) is 6.92 Å². The van der Waals surface area contributed by atoms with Crippen molar-refractivity contribution in [1.82, 2.24) is 14.9 Å². The number of aromatic nitrogens is 2. The maximum absolute atomic E-state index is 13.8. The van der Waals surface area contributed by atoms with Gasteiger partial charge in [-0.25, -0.2) is 18.7 Å². The fourth-order valence-corrected chi connectivity index (χ4v) is 5.88. The molecule has 0 unspecified atom stereocenters. The number of pyridine rings is 2. The summed E-state index contributed by atoms with van der Waals surface area (Å²) in [4.78, 5) is 11.7. The summed E-state index contributed by atoms with van der Waals surface area (Å²) in [6, 6.07) is 12.1. The maximum Gasteiger partial charge on any atom is 0.418 e. The first-order valence-corrected chi connectivity index (χ1v) is 13.3. The monoisotopic (exact) mass is 553 g/mol. The highest BCUT2D eigenvalue weighted by atomic mass is 32.2. The van der Waals surface area contributed by atoms with Crippen LogP contribution in [0.25, 0.3) is 11.3 Å². The number of alkyl halides is 5. The number of nitrogens with one attached hydrogen (secondary N) is 1. The van der Waals surface area contributed by atoms with Crippen molar-refractivity contribution in [1.29, 1.82) is 0 Å². The molecule has 0 radical (unpaired) electrons. The number of rotatable bonds is 5. The van der Waals surface area contributed by atoms with Crippen LogP contribution in [0.5, 0.6) is 0 Å². The van der Waals surface area contributed by atoms with E-state index in [2.05, 4.69) is 14.7 Å². The Bertz CT molecular complexity index is 1460. The number of sulfonamides is 1. The molecule has 2 aliphatic rings. The number of halogens is 5. The highest BCUT2D eigenvalue weighted by Crippen LogP contribution is 2.38. The van der Waals surface area contributed by atoms with E-state index in [1.54, 1.807) is 41.0 Å². The van der Waals surface area contributed by atoms with E-state index in [0.29, 0.717) is 24.5 Å². The normalized spacial score (nSPS) is 19.8. The third-order valence-electron chi connectivity index (χ3n) is 6.72. The second kappa shape index (κ2) is 9.45. The third kappa shape index (κ3) is 5.30. The van der Waals surface area contributed by atoms with Gasteiger partial charge in [0.2, 0.25) is 0 Å². The van der Waals surface area contributed by atoms with Crippen molar-refractivity contribution >= 4 is 21.7 Å². The predicted octanol–water partition coefficient (Wildman–Crippen LogP) is 4.80. The molecule has 0 amide bonds. The van der Waals surface area contributed by atoms with Gasteiger partial charge in [0.25, 0.3) is 15.9 Å². The Morgan fingerprint density at radius 1 is 1.00 bits per heavy atom. The number of hydrogen-bond donors (Lipinski definition) is 1. The molecule has 2 aromatic heterocycles. The Hall–Kier alpha value is -3.32. The molecule has 1 N–H and O–H groups in total. The first kappa shape index (κ1) is 26.3. The van der Waals surface area contributed by atoms with Crippen molar-refractivity contribution in [2.24, 2.45) is 0 Å². The van der Waals surface area contributed by atoms with E-state index in [1.165, 1.54) is 18.2 Å². The molecule has 0 spiro atoms. The zero-order chi connectivity index (χ0) is 27.3. The molecule has 202 valence electrons. The molecule has 0 aliphatic carbocycles. The van der Waals surface area contributed by atoms with E-state index >= 15 is 0 Å². The Labute approximate surface area is 216 Å². The molecule has 0 saturated carbocycles. The Balaban J connectivity index is 1.42. The SMILES string of the molecule is Cc1ccccc1-c1nc(NS(=O)(=O)c2cccc(N3CCN4CC(F)(F)C[C@H]4C3)n2)ccc1C(F)(F)F. The second-order valence-electron chi connectivity index (χ2n) is 9.48. The average molecular weight is 554 g/mol. The lowest BCUT2D eigenvalue weighted by Gasteiger charge is -2.37. The van der Waals surface area contributed by atoms with Crippen molar-refractivity contribution in [2.45, 2.75) is 36.5 Å². The van der Waals surface area contributed by atoms with E-state index < -0.39 is 33.4 Å². The molecule has 3 aromatic rings. The molecule has 2 aliphatic heterocycles. The first-order valence-electron chi connectivity index (χ1n) is 11.8. The molecule has 4 heterocycles. The van der Waals surface area contributed by atoms with Gasteiger partial charge in [0, 0.05) is 37.7 Å². The highest BCUT2D eigenvalue weighted by Gasteiger charge is 2.47. The van der Waals surface area contributed by atoms with Gasteiger partial charge in [0.15, 0.2) is 5.03 Å². The van der Waals surface area contributed by atoms with Crippen LogP contribution in [-0.2, 0) is 16.2 Å². The number of nitrogens with zero attached hydrogens (tertiary/aromatic N) is 4. The molecule has 2 fully saturated rings. The standard InChI is InChI=1S/C25H24F5N5O2S/c1-16-5-2-3-6-18(16)23-19(25(28,29)30)9-10-20(31-23)33-38(36,37)22-8-4-7-21(32-22)34-11-12-35-15-24(26,27)13-17(35)14-34/h2-10,17H,11-15H2,1H3,(H,31,33)/t17-/m0/s1. The number of aryl methyl sites for hydroxylation is 1. The van der Waals surface area contributed by atoms with Crippen molar-refractivity contribution in [3.8, 4) is 11.3 Å². The summed E-state index contributed by atoms with van der Waals surface area (Å²) >= 11 is 0. The smallest absolute Gasteiger partial charge is 0.354 e. The lowest BCUT2D eigenvalue weighted by atomic mass is 10.0. The molecule has 7 nitrogen and oxygen atoms in total. The third-order valence-corrected chi connectivity index (χ3v) is 7.98. The lowest BCUT2D eigenvalue weighted by molar-refractivity contribution is -0.137. The first-order chi connectivity index (χ1) is 17.8. The van der Waals surface area contributed by atoms with E-state index in [9.17, 15) is 30.4 Å². The highest BCUT2D eigenvalue weighted by molar-refractivity contribution is 7.92. The summed E-state index contributed by atoms with van der Waals surface area (Å²) < 4.78 is 97.3. The maximum atomic E-state index is 13.8. The van der Waals surface area contributed by atoms with E-state index in [1.807, 2.05) is 0 Å². The second-order valence-corrected chi connectivity index (χ2v) is 11.1. The van der Waals surface area contributed by atoms with Gasteiger partial charge in [0.1, 0.15) is 11.6 Å². The molecular formula is C25H24F5N5O2S. The van der Waals surface area contributed by atoms with Gasteiger partial charge < -0.3 is 4.90 Å². The van der Waals surface area contributed by atoms with Crippen LogP contribution in [0.2, 0.25) is 0 Å². The fourth-order valence-electron chi connectivity index (χ4n) is 4.92. The van der Waals surface area contributed by atoms with Gasteiger partial charge in [-0.3, -0.25) is 9.62 Å². The molecule has 0 bridgehead atoms. The van der Waals surface area contributed by atoms with Gasteiger partial charge >= 0.3 is 6.18 Å². The summed E-state index contributed by atoms with van der Waals surface area (Å²) in [5, 5.41) is -0.367. The number of anilines is 2. The van der Waals surface area contributed by atoms with Crippen molar-refractivity contribution in [2.75, 3.05) is 35.8 Å². The molecule has 13 heteroatoms. The molecule has 5 rings (SSSR count). The van der Waals surface area contributed by atoms with Crippen molar-refractivity contribution < 1.29 is 30.4 Å². The Morgan fingerprint density at radius 2 is 1.76 bits per heavy atom. The average Bonchev–Trinajstić information content (AvgIpc) is 3.16. The van der Waals surface area contributed by atoms with Gasteiger partial charge in [-0.15, -0.1) is 0 Å². The minimum atomic E-state index is -4.70. The minimum Gasteiger partial charge on any atom is -0.354 e. The number of piperazine rings is 1. The number of hydrogen-bond acceptors (Lipinski definition) is 6. The number of fused-ring (bicyclic) bond motifs is 1. The molecule has 38 heavy (non-hydrogen) atoms. The zero-order valence-electron chi connectivity index (χ0n) is 20.2. The van der Waals surface area contributed by atoms with Crippen LogP contribution < -0.4 is 9.62 Å². The Kier molecular flexibility index (Phi) is 6.54. The number of benzene rings is 1. The van der Waals surface area contributed by atoms with Gasteiger partial charge in [-0.1, -0.05) is 30.3 Å². The van der Waals surface area contributed by atoms with Crippen LogP contribution in [-0.4, -0.2) is 61.4 Å². The topological polar surface area (TPSA) is 78.4 Å². The lowest BCUT2D eigenvalue weighted by Crippen LogP contribution is -2.50. The van der Waals surface area contributed by atoms with Crippen LogP contribution >= 0.6 is 0 Å². The van der Waals surface area contributed by atoms with E-state index in [-0.39, 0.29) is 42.0 Å². The van der Waals surface area contributed by atoms with Crippen LogP contribution in [0.15, 0.2) is 59.6 Å². The van der Waals surface area contributed by atoms with Crippen LogP contribution in [0.4, 0.5) is 33.6 Å². The van der Waals surface area contributed by atoms with E-state index in [4.69, 9.17) is 0 Å². The fraction of sp³-hybridized carbons (Fsp3) is 0.360. The quantitative estimate of drug-likeness (QED) is 0.458. The van der Waals surface area contributed by atoms with Crippen molar-refractivity contribution in [3.05, 3.63) is 65.7 Å². The van der Waals surface area contributed by atoms with Crippen LogP contribution in [0.3, 0.4) is 0 Å². The van der Waals surface area contributed by atoms with Gasteiger partial charge in [0.05, 0.1) is 17.8 Å². The van der Waals surface area contributed by atoms with Crippen LogP contribution in [0.1, 0.15) is 17.5 Å². The zero-order valence-corrected chi connectivity index (χ0v) is 21.0. The minimum absolute atomic E-state index is 0.220.